The van der Waals surface area contributed by atoms with Crippen LogP contribution in [0.3, 0.4) is 0 Å². The number of ether oxygens (including phenoxy) is 2. The Morgan fingerprint density at radius 3 is 2.71 bits per heavy atom. The summed E-state index contributed by atoms with van der Waals surface area (Å²) in [6, 6.07) is 5.53. The van der Waals surface area contributed by atoms with E-state index in [1.165, 1.54) is 0 Å². The van der Waals surface area contributed by atoms with Gasteiger partial charge in [0.05, 0.1) is 10.2 Å². The topological polar surface area (TPSA) is 30.5 Å². The monoisotopic (exact) mass is 359 g/mol. The molecule has 0 bridgehead atoms. The molecule has 21 heavy (non-hydrogen) atoms. The number of halogens is 4. The fourth-order valence-electron chi connectivity index (χ4n) is 1.98. The highest BCUT2D eigenvalue weighted by Gasteiger charge is 2.18. The Morgan fingerprint density at radius 2 is 1.90 bits per heavy atom. The summed E-state index contributed by atoms with van der Waals surface area (Å²) in [6.45, 7) is 0.361. The SMILES string of the molecule is Fc1ccc(NCc2cc(Br)c3c(c2)OCO3)c(F)c1F. The van der Waals surface area contributed by atoms with Crippen molar-refractivity contribution >= 4 is 21.6 Å². The predicted molar refractivity (Wildman–Crippen MR) is 73.9 cm³/mol. The molecule has 7 heteroatoms. The van der Waals surface area contributed by atoms with Gasteiger partial charge in [0.2, 0.25) is 6.79 Å². The first kappa shape index (κ1) is 14.1. The number of anilines is 1. The summed E-state index contributed by atoms with van der Waals surface area (Å²) >= 11 is 3.34. The van der Waals surface area contributed by atoms with Crippen LogP contribution in [0.1, 0.15) is 5.56 Å². The molecule has 2 aromatic carbocycles. The predicted octanol–water partition coefficient (Wildman–Crippen LogP) is 4.21. The molecule has 0 amide bonds. The van der Waals surface area contributed by atoms with Crippen molar-refractivity contribution in [3.05, 3.63) is 51.8 Å². The van der Waals surface area contributed by atoms with Gasteiger partial charge in [0.25, 0.3) is 0 Å². The third kappa shape index (κ3) is 2.65. The Hall–Kier alpha value is -1.89. The number of nitrogens with one attached hydrogen (secondary N) is 1. The summed E-state index contributed by atoms with van der Waals surface area (Å²) in [4.78, 5) is 0. The lowest BCUT2D eigenvalue weighted by atomic mass is 10.2. The van der Waals surface area contributed by atoms with Gasteiger partial charge in [-0.2, -0.15) is 0 Å². The van der Waals surface area contributed by atoms with Gasteiger partial charge in [0.1, 0.15) is 0 Å². The molecule has 3 nitrogen and oxygen atoms in total. The zero-order valence-electron chi connectivity index (χ0n) is 10.6. The van der Waals surface area contributed by atoms with Crippen LogP contribution in [0.4, 0.5) is 18.9 Å². The summed E-state index contributed by atoms with van der Waals surface area (Å²) in [5.41, 5.74) is 0.665. The lowest BCUT2D eigenvalue weighted by molar-refractivity contribution is 0.173. The molecule has 3 rings (SSSR count). The summed E-state index contributed by atoms with van der Waals surface area (Å²) in [6.07, 6.45) is 0. The zero-order valence-corrected chi connectivity index (χ0v) is 12.1. The Balaban J connectivity index is 1.80. The Kier molecular flexibility index (Phi) is 3.67. The van der Waals surface area contributed by atoms with Crippen LogP contribution in [-0.4, -0.2) is 6.79 Å². The molecule has 1 N–H and O–H groups in total. The van der Waals surface area contributed by atoms with Gasteiger partial charge in [-0.3, -0.25) is 0 Å². The van der Waals surface area contributed by atoms with Crippen LogP contribution in [0, 0.1) is 17.5 Å². The first-order chi connectivity index (χ1) is 10.1. The molecule has 1 heterocycles. The van der Waals surface area contributed by atoms with Gasteiger partial charge in [-0.25, -0.2) is 13.2 Å². The standard InChI is InChI=1S/C14H9BrF3NO2/c15-8-3-7(4-11-14(8)21-6-20-11)5-19-10-2-1-9(16)12(17)13(10)18/h1-4,19H,5-6H2. The van der Waals surface area contributed by atoms with E-state index in [1.54, 1.807) is 12.1 Å². The van der Waals surface area contributed by atoms with E-state index in [9.17, 15) is 13.2 Å². The van der Waals surface area contributed by atoms with E-state index in [2.05, 4.69) is 21.2 Å². The molecular weight excluding hydrogens is 351 g/mol. The minimum absolute atomic E-state index is 0.109. The van der Waals surface area contributed by atoms with Crippen LogP contribution in [0.5, 0.6) is 11.5 Å². The fourth-order valence-corrected chi connectivity index (χ4v) is 2.59. The molecular formula is C14H9BrF3NO2. The van der Waals surface area contributed by atoms with Gasteiger partial charge in [-0.15, -0.1) is 0 Å². The van der Waals surface area contributed by atoms with Crippen molar-refractivity contribution in [2.45, 2.75) is 6.54 Å². The van der Waals surface area contributed by atoms with Gasteiger partial charge in [0.15, 0.2) is 29.0 Å². The number of fused-ring (bicyclic) bond motifs is 1. The number of hydrogen-bond donors (Lipinski definition) is 1. The molecule has 0 aromatic heterocycles. The second kappa shape index (κ2) is 5.48. The smallest absolute Gasteiger partial charge is 0.231 e. The number of rotatable bonds is 3. The highest BCUT2D eigenvalue weighted by molar-refractivity contribution is 9.10. The number of hydrogen-bond acceptors (Lipinski definition) is 3. The molecule has 0 saturated heterocycles. The summed E-state index contributed by atoms with van der Waals surface area (Å²) < 4.78 is 50.7. The maximum absolute atomic E-state index is 13.5. The molecule has 0 spiro atoms. The summed E-state index contributed by atoms with van der Waals surface area (Å²) in [7, 11) is 0. The maximum atomic E-state index is 13.5. The number of benzene rings is 2. The lowest BCUT2D eigenvalue weighted by Crippen LogP contribution is -2.04. The van der Waals surface area contributed by atoms with E-state index in [-0.39, 0.29) is 19.0 Å². The minimum atomic E-state index is -1.49. The van der Waals surface area contributed by atoms with Gasteiger partial charge in [-0.05, 0) is 45.8 Å². The molecule has 1 aliphatic rings. The largest absolute Gasteiger partial charge is 0.454 e. The van der Waals surface area contributed by atoms with Crippen molar-refractivity contribution in [3.63, 3.8) is 0 Å². The summed E-state index contributed by atoms with van der Waals surface area (Å²) in [5.74, 6) is -2.77. The van der Waals surface area contributed by atoms with Gasteiger partial charge in [0, 0.05) is 6.54 Å². The molecule has 1 aliphatic heterocycles. The third-order valence-electron chi connectivity index (χ3n) is 3.01. The van der Waals surface area contributed by atoms with Crippen molar-refractivity contribution in [1.29, 1.82) is 0 Å². The minimum Gasteiger partial charge on any atom is -0.454 e. The Labute approximate surface area is 126 Å². The molecule has 0 atom stereocenters. The zero-order chi connectivity index (χ0) is 15.0. The van der Waals surface area contributed by atoms with Crippen molar-refractivity contribution < 1.29 is 22.6 Å². The lowest BCUT2D eigenvalue weighted by Gasteiger charge is -2.10. The second-order valence-corrected chi connectivity index (χ2v) is 5.24. The van der Waals surface area contributed by atoms with Gasteiger partial charge >= 0.3 is 0 Å². The Bertz CT molecular complexity index is 709. The van der Waals surface area contributed by atoms with E-state index < -0.39 is 17.5 Å². The van der Waals surface area contributed by atoms with Crippen LogP contribution >= 0.6 is 15.9 Å². The highest BCUT2D eigenvalue weighted by atomic mass is 79.9. The van der Waals surface area contributed by atoms with Crippen LogP contribution in [0.25, 0.3) is 0 Å². The molecule has 0 aliphatic carbocycles. The van der Waals surface area contributed by atoms with Gasteiger partial charge in [-0.1, -0.05) is 0 Å². The molecule has 0 saturated carbocycles. The summed E-state index contributed by atoms with van der Waals surface area (Å²) in [5, 5.41) is 2.72. The van der Waals surface area contributed by atoms with Crippen molar-refractivity contribution in [2.75, 3.05) is 12.1 Å². The van der Waals surface area contributed by atoms with Crippen LogP contribution in [0.15, 0.2) is 28.7 Å². The van der Waals surface area contributed by atoms with E-state index >= 15 is 0 Å². The maximum Gasteiger partial charge on any atom is 0.231 e. The molecule has 110 valence electrons. The van der Waals surface area contributed by atoms with Crippen LogP contribution in [0.2, 0.25) is 0 Å². The van der Waals surface area contributed by atoms with E-state index in [4.69, 9.17) is 9.47 Å². The van der Waals surface area contributed by atoms with Crippen molar-refractivity contribution in [1.82, 2.24) is 0 Å². The van der Waals surface area contributed by atoms with Crippen LogP contribution < -0.4 is 14.8 Å². The second-order valence-electron chi connectivity index (χ2n) is 4.39. The van der Waals surface area contributed by atoms with Gasteiger partial charge < -0.3 is 14.8 Å². The Morgan fingerprint density at radius 1 is 1.10 bits per heavy atom. The first-order valence-electron chi connectivity index (χ1n) is 6.01. The van der Waals surface area contributed by atoms with Crippen molar-refractivity contribution in [2.24, 2.45) is 0 Å². The molecule has 0 unspecified atom stereocenters. The highest BCUT2D eigenvalue weighted by Crippen LogP contribution is 2.40. The van der Waals surface area contributed by atoms with E-state index in [1.807, 2.05) is 0 Å². The van der Waals surface area contributed by atoms with E-state index in [0.717, 1.165) is 17.7 Å². The first-order valence-corrected chi connectivity index (χ1v) is 6.81. The third-order valence-corrected chi connectivity index (χ3v) is 3.59. The molecule has 0 radical (unpaired) electrons. The molecule has 2 aromatic rings. The fraction of sp³-hybridized carbons (Fsp3) is 0.143. The molecule has 0 fully saturated rings. The van der Waals surface area contributed by atoms with E-state index in [0.29, 0.717) is 16.0 Å². The van der Waals surface area contributed by atoms with Crippen LogP contribution in [-0.2, 0) is 6.54 Å². The quantitative estimate of drug-likeness (QED) is 0.832. The average Bonchev–Trinajstić information content (AvgIpc) is 2.93. The van der Waals surface area contributed by atoms with Crippen molar-refractivity contribution in [3.8, 4) is 11.5 Å². The normalized spacial score (nSPS) is 12.6. The average molecular weight is 360 g/mol.